The normalized spacial score (nSPS) is 10.6. The summed E-state index contributed by atoms with van der Waals surface area (Å²) in [6, 6.07) is 2.83. The molecule has 1 heterocycles. The monoisotopic (exact) mass is 199 g/mol. The molecule has 0 aliphatic carbocycles. The van der Waals surface area contributed by atoms with Crippen LogP contribution in [0, 0.1) is 5.82 Å². The van der Waals surface area contributed by atoms with Crippen LogP contribution in [0.4, 0.5) is 4.39 Å². The summed E-state index contributed by atoms with van der Waals surface area (Å²) in [5.41, 5.74) is -0.309. The Morgan fingerprint density at radius 3 is 3.00 bits per heavy atom. The largest absolute Gasteiger partial charge is 0.493 e. The first-order chi connectivity index (χ1) is 6.24. The third-order valence-electron chi connectivity index (χ3n) is 1.76. The van der Waals surface area contributed by atoms with Crippen molar-refractivity contribution < 1.29 is 9.13 Å². The molecule has 0 radical (unpaired) electrons. The first-order valence-electron chi connectivity index (χ1n) is 3.57. The molecular formula is C8H6FNO2S. The van der Waals surface area contributed by atoms with Crippen LogP contribution >= 0.6 is 11.5 Å². The van der Waals surface area contributed by atoms with Gasteiger partial charge in [0.15, 0.2) is 11.6 Å². The Morgan fingerprint density at radius 2 is 2.31 bits per heavy atom. The SMILES string of the molecule is COc1c(F)ccc2s[nH]c(=O)c12. The van der Waals surface area contributed by atoms with Crippen molar-refractivity contribution in [3.05, 3.63) is 28.3 Å². The minimum Gasteiger partial charge on any atom is -0.493 e. The number of aromatic amines is 1. The van der Waals surface area contributed by atoms with Crippen LogP contribution in [0.2, 0.25) is 0 Å². The van der Waals surface area contributed by atoms with Gasteiger partial charge in [-0.1, -0.05) is 11.5 Å². The van der Waals surface area contributed by atoms with E-state index in [0.717, 1.165) is 0 Å². The Labute approximate surface area is 76.9 Å². The minimum absolute atomic E-state index is 0.0139. The second kappa shape index (κ2) is 2.85. The molecule has 0 saturated heterocycles. The van der Waals surface area contributed by atoms with Crippen LogP contribution in [0.25, 0.3) is 10.1 Å². The fourth-order valence-corrected chi connectivity index (χ4v) is 1.92. The average molecular weight is 199 g/mol. The molecule has 2 aromatic rings. The van der Waals surface area contributed by atoms with Gasteiger partial charge >= 0.3 is 0 Å². The Morgan fingerprint density at radius 1 is 1.54 bits per heavy atom. The molecule has 1 aromatic carbocycles. The molecular weight excluding hydrogens is 193 g/mol. The van der Waals surface area contributed by atoms with Gasteiger partial charge in [-0.2, -0.15) is 0 Å². The van der Waals surface area contributed by atoms with Crippen molar-refractivity contribution in [3.8, 4) is 5.75 Å². The van der Waals surface area contributed by atoms with Crippen molar-refractivity contribution in [1.82, 2.24) is 4.37 Å². The molecule has 0 bridgehead atoms. The summed E-state index contributed by atoms with van der Waals surface area (Å²) in [6.45, 7) is 0. The molecule has 0 unspecified atom stereocenters. The highest BCUT2D eigenvalue weighted by molar-refractivity contribution is 7.13. The molecule has 0 saturated carbocycles. The van der Waals surface area contributed by atoms with Crippen LogP contribution < -0.4 is 10.3 Å². The molecule has 1 N–H and O–H groups in total. The molecule has 0 fully saturated rings. The van der Waals surface area contributed by atoms with Gasteiger partial charge in [0.25, 0.3) is 5.56 Å². The second-order valence-electron chi connectivity index (χ2n) is 2.49. The van der Waals surface area contributed by atoms with Gasteiger partial charge in [0.05, 0.1) is 11.8 Å². The molecule has 0 aliphatic heterocycles. The Balaban J connectivity index is 2.97. The van der Waals surface area contributed by atoms with Crippen LogP contribution in [-0.4, -0.2) is 11.5 Å². The van der Waals surface area contributed by atoms with E-state index >= 15 is 0 Å². The highest BCUT2D eigenvalue weighted by Crippen LogP contribution is 2.27. The van der Waals surface area contributed by atoms with E-state index in [9.17, 15) is 9.18 Å². The van der Waals surface area contributed by atoms with Gasteiger partial charge in [0, 0.05) is 0 Å². The van der Waals surface area contributed by atoms with E-state index in [4.69, 9.17) is 4.74 Å². The van der Waals surface area contributed by atoms with Crippen LogP contribution in [0.3, 0.4) is 0 Å². The quantitative estimate of drug-likeness (QED) is 0.760. The number of H-pyrrole nitrogens is 1. The number of hydrogen-bond acceptors (Lipinski definition) is 3. The number of ether oxygens (including phenoxy) is 1. The molecule has 0 amide bonds. The smallest absolute Gasteiger partial charge is 0.269 e. The molecule has 0 aliphatic rings. The molecule has 0 spiro atoms. The van der Waals surface area contributed by atoms with Gasteiger partial charge in [-0.05, 0) is 12.1 Å². The van der Waals surface area contributed by atoms with Crippen LogP contribution in [0.1, 0.15) is 0 Å². The Kier molecular flexibility index (Phi) is 1.81. The first kappa shape index (κ1) is 8.25. The lowest BCUT2D eigenvalue weighted by Gasteiger charge is -2.00. The zero-order valence-corrected chi connectivity index (χ0v) is 7.57. The lowest BCUT2D eigenvalue weighted by atomic mass is 10.2. The Bertz CT molecular complexity index is 502. The number of halogens is 1. The Hall–Kier alpha value is -1.36. The third kappa shape index (κ3) is 1.12. The fourth-order valence-electron chi connectivity index (χ4n) is 1.19. The van der Waals surface area contributed by atoms with Gasteiger partial charge < -0.3 is 4.74 Å². The zero-order valence-electron chi connectivity index (χ0n) is 6.76. The summed E-state index contributed by atoms with van der Waals surface area (Å²) in [4.78, 5) is 11.2. The second-order valence-corrected chi connectivity index (χ2v) is 3.34. The van der Waals surface area contributed by atoms with E-state index in [0.29, 0.717) is 4.70 Å². The molecule has 1 aromatic heterocycles. The number of fused-ring (bicyclic) bond motifs is 1. The lowest BCUT2D eigenvalue weighted by Crippen LogP contribution is -2.00. The standard InChI is InChI=1S/C8H6FNO2S/c1-12-7-4(9)2-3-5-6(7)8(11)10-13-5/h2-3H,1H3,(H,10,11). The average Bonchev–Trinajstić information content (AvgIpc) is 2.49. The maximum absolute atomic E-state index is 13.1. The van der Waals surface area contributed by atoms with Crippen molar-refractivity contribution in [2.24, 2.45) is 0 Å². The number of benzene rings is 1. The predicted molar refractivity (Wildman–Crippen MR) is 49.0 cm³/mol. The van der Waals surface area contributed by atoms with Crippen LogP contribution in [-0.2, 0) is 0 Å². The van der Waals surface area contributed by atoms with E-state index in [1.807, 2.05) is 0 Å². The minimum atomic E-state index is -0.515. The highest BCUT2D eigenvalue weighted by atomic mass is 32.1. The third-order valence-corrected chi connectivity index (χ3v) is 2.60. The summed E-state index contributed by atoms with van der Waals surface area (Å²) in [5, 5.41) is 0.285. The molecule has 13 heavy (non-hydrogen) atoms. The maximum Gasteiger partial charge on any atom is 0.269 e. The molecule has 68 valence electrons. The molecule has 0 atom stereocenters. The highest BCUT2D eigenvalue weighted by Gasteiger charge is 2.12. The van der Waals surface area contributed by atoms with Crippen molar-refractivity contribution in [2.75, 3.05) is 7.11 Å². The van der Waals surface area contributed by atoms with Crippen molar-refractivity contribution in [3.63, 3.8) is 0 Å². The summed E-state index contributed by atoms with van der Waals surface area (Å²) in [7, 11) is 1.34. The molecule has 2 rings (SSSR count). The van der Waals surface area contributed by atoms with E-state index < -0.39 is 5.82 Å². The zero-order chi connectivity index (χ0) is 9.42. The summed E-state index contributed by atoms with van der Waals surface area (Å²) >= 11 is 1.17. The van der Waals surface area contributed by atoms with Gasteiger partial charge in [-0.3, -0.25) is 9.17 Å². The summed E-state index contributed by atoms with van der Waals surface area (Å²) < 4.78 is 21.1. The number of nitrogens with one attached hydrogen (secondary N) is 1. The summed E-state index contributed by atoms with van der Waals surface area (Å²) in [5.74, 6) is -0.501. The van der Waals surface area contributed by atoms with E-state index in [2.05, 4.69) is 4.37 Å². The van der Waals surface area contributed by atoms with Crippen molar-refractivity contribution in [1.29, 1.82) is 0 Å². The van der Waals surface area contributed by atoms with E-state index in [1.165, 1.54) is 24.7 Å². The van der Waals surface area contributed by atoms with E-state index in [-0.39, 0.29) is 16.7 Å². The number of methoxy groups -OCH3 is 1. The van der Waals surface area contributed by atoms with Crippen LogP contribution in [0.15, 0.2) is 16.9 Å². The topological polar surface area (TPSA) is 42.1 Å². The number of hydrogen-bond donors (Lipinski definition) is 1. The van der Waals surface area contributed by atoms with E-state index in [1.54, 1.807) is 6.07 Å². The number of aromatic nitrogens is 1. The molecule has 3 nitrogen and oxygen atoms in total. The fraction of sp³-hybridized carbons (Fsp3) is 0.125. The van der Waals surface area contributed by atoms with Crippen LogP contribution in [0.5, 0.6) is 5.75 Å². The lowest BCUT2D eigenvalue weighted by molar-refractivity contribution is 0.391. The molecule has 5 heteroatoms. The van der Waals surface area contributed by atoms with Gasteiger partial charge in [-0.15, -0.1) is 0 Å². The van der Waals surface area contributed by atoms with Crippen molar-refractivity contribution in [2.45, 2.75) is 0 Å². The van der Waals surface area contributed by atoms with Gasteiger partial charge in [-0.25, -0.2) is 4.39 Å². The van der Waals surface area contributed by atoms with Crippen molar-refractivity contribution >= 4 is 21.6 Å². The maximum atomic E-state index is 13.1. The van der Waals surface area contributed by atoms with Gasteiger partial charge in [0.1, 0.15) is 5.39 Å². The summed E-state index contributed by atoms with van der Waals surface area (Å²) in [6.07, 6.45) is 0. The first-order valence-corrected chi connectivity index (χ1v) is 4.39. The van der Waals surface area contributed by atoms with Gasteiger partial charge in [0.2, 0.25) is 0 Å². The number of rotatable bonds is 1. The predicted octanol–water partition coefficient (Wildman–Crippen LogP) is 1.74.